The molecule has 0 heterocycles. The largest absolute Gasteiger partial charge is 0.464 e. The molecule has 0 unspecified atom stereocenters. The van der Waals surface area contributed by atoms with Gasteiger partial charge in [0.2, 0.25) is 5.91 Å². The molecular formula is C11H19NO3. The molecule has 15 heavy (non-hydrogen) atoms. The topological polar surface area (TPSA) is 55.4 Å². The average Bonchev–Trinajstić information content (AvgIpc) is 2.84. The zero-order valence-corrected chi connectivity index (χ0v) is 9.85. The third kappa shape index (κ3) is 2.70. The highest BCUT2D eigenvalue weighted by Crippen LogP contribution is 2.37. The van der Waals surface area contributed by atoms with Crippen molar-refractivity contribution < 1.29 is 14.3 Å². The molecule has 0 spiro atoms. The van der Waals surface area contributed by atoms with Crippen molar-refractivity contribution in [3.05, 3.63) is 0 Å². The molecular weight excluding hydrogens is 194 g/mol. The molecule has 4 heteroatoms. The van der Waals surface area contributed by atoms with Crippen LogP contribution in [0.1, 0.15) is 40.5 Å². The second-order valence-corrected chi connectivity index (χ2v) is 5.01. The molecule has 0 bridgehead atoms. The monoisotopic (exact) mass is 213 g/mol. The Morgan fingerprint density at radius 2 is 1.87 bits per heavy atom. The van der Waals surface area contributed by atoms with E-state index in [1.54, 1.807) is 6.92 Å². The first-order valence-corrected chi connectivity index (χ1v) is 5.32. The van der Waals surface area contributed by atoms with Gasteiger partial charge in [-0.05, 0) is 19.8 Å². The van der Waals surface area contributed by atoms with E-state index < -0.39 is 11.0 Å². The van der Waals surface area contributed by atoms with Crippen molar-refractivity contribution in [2.45, 2.75) is 46.1 Å². The van der Waals surface area contributed by atoms with E-state index in [0.717, 1.165) is 0 Å². The summed E-state index contributed by atoms with van der Waals surface area (Å²) in [4.78, 5) is 23.3. The predicted octanol–water partition coefficient (Wildman–Crippen LogP) is 1.24. The minimum atomic E-state index is -0.722. The van der Waals surface area contributed by atoms with E-state index >= 15 is 0 Å². The van der Waals surface area contributed by atoms with Gasteiger partial charge in [0, 0.05) is 5.41 Å². The zero-order valence-electron chi connectivity index (χ0n) is 9.85. The molecule has 0 aromatic rings. The van der Waals surface area contributed by atoms with E-state index in [1.807, 2.05) is 20.8 Å². The number of hydrogen-bond donors (Lipinski definition) is 1. The number of amides is 1. The lowest BCUT2D eigenvalue weighted by Gasteiger charge is -2.22. The molecule has 4 nitrogen and oxygen atoms in total. The van der Waals surface area contributed by atoms with E-state index in [9.17, 15) is 9.59 Å². The van der Waals surface area contributed by atoms with Crippen LogP contribution in [0, 0.1) is 5.41 Å². The molecule has 0 aromatic heterocycles. The van der Waals surface area contributed by atoms with E-state index in [4.69, 9.17) is 4.74 Å². The maximum absolute atomic E-state index is 11.7. The second kappa shape index (κ2) is 3.83. The van der Waals surface area contributed by atoms with Crippen molar-refractivity contribution in [1.82, 2.24) is 5.32 Å². The number of ether oxygens (including phenoxy) is 1. The molecule has 1 N–H and O–H groups in total. The van der Waals surface area contributed by atoms with Crippen LogP contribution in [0.2, 0.25) is 0 Å². The van der Waals surface area contributed by atoms with Crippen molar-refractivity contribution in [3.8, 4) is 0 Å². The molecule has 1 aliphatic rings. The first-order chi connectivity index (χ1) is 6.82. The Morgan fingerprint density at radius 1 is 1.33 bits per heavy atom. The van der Waals surface area contributed by atoms with Gasteiger partial charge >= 0.3 is 5.97 Å². The van der Waals surface area contributed by atoms with Gasteiger partial charge in [-0.3, -0.25) is 4.79 Å². The number of carbonyl (C=O) groups excluding carboxylic acids is 2. The summed E-state index contributed by atoms with van der Waals surface area (Å²) in [6.07, 6.45) is 1.38. The minimum Gasteiger partial charge on any atom is -0.464 e. The fourth-order valence-electron chi connectivity index (χ4n) is 1.18. The van der Waals surface area contributed by atoms with Gasteiger partial charge in [-0.2, -0.15) is 0 Å². The third-order valence-corrected chi connectivity index (χ3v) is 2.45. The van der Waals surface area contributed by atoms with Crippen LogP contribution < -0.4 is 5.32 Å². The maximum Gasteiger partial charge on any atom is 0.331 e. The SMILES string of the molecule is CCOC(=O)C1(NC(=O)C(C)(C)C)CC1. The summed E-state index contributed by atoms with van der Waals surface area (Å²) in [6, 6.07) is 0. The van der Waals surface area contributed by atoms with Crippen molar-refractivity contribution in [2.75, 3.05) is 6.61 Å². The molecule has 1 aliphatic carbocycles. The molecule has 1 amide bonds. The van der Waals surface area contributed by atoms with Gasteiger partial charge in [0.05, 0.1) is 6.61 Å². The summed E-state index contributed by atoms with van der Waals surface area (Å²) >= 11 is 0. The number of carbonyl (C=O) groups is 2. The molecule has 1 saturated carbocycles. The highest BCUT2D eigenvalue weighted by atomic mass is 16.5. The number of nitrogens with one attached hydrogen (secondary N) is 1. The van der Waals surface area contributed by atoms with Crippen LogP contribution in [0.3, 0.4) is 0 Å². The van der Waals surface area contributed by atoms with Crippen molar-refractivity contribution >= 4 is 11.9 Å². The first kappa shape index (κ1) is 12.0. The molecule has 0 saturated heterocycles. The van der Waals surface area contributed by atoms with Gasteiger partial charge in [-0.15, -0.1) is 0 Å². The highest BCUT2D eigenvalue weighted by molar-refractivity contribution is 5.92. The summed E-state index contributed by atoms with van der Waals surface area (Å²) in [7, 11) is 0. The normalized spacial score (nSPS) is 18.1. The van der Waals surface area contributed by atoms with Gasteiger partial charge in [0.25, 0.3) is 0 Å². The molecule has 0 radical (unpaired) electrons. The Hall–Kier alpha value is -1.06. The fourth-order valence-corrected chi connectivity index (χ4v) is 1.18. The Kier molecular flexibility index (Phi) is 3.07. The summed E-state index contributed by atoms with van der Waals surface area (Å²) < 4.78 is 4.93. The average molecular weight is 213 g/mol. The second-order valence-electron chi connectivity index (χ2n) is 5.01. The Bertz CT molecular complexity index is 274. The summed E-state index contributed by atoms with van der Waals surface area (Å²) in [5.41, 5.74) is -1.19. The quantitative estimate of drug-likeness (QED) is 0.718. The highest BCUT2D eigenvalue weighted by Gasteiger charge is 2.53. The predicted molar refractivity (Wildman–Crippen MR) is 56.2 cm³/mol. The van der Waals surface area contributed by atoms with E-state index in [-0.39, 0.29) is 11.9 Å². The van der Waals surface area contributed by atoms with E-state index in [1.165, 1.54) is 0 Å². The molecule has 0 aliphatic heterocycles. The first-order valence-electron chi connectivity index (χ1n) is 5.32. The van der Waals surface area contributed by atoms with Crippen LogP contribution in [-0.2, 0) is 14.3 Å². The number of esters is 1. The molecule has 86 valence electrons. The van der Waals surface area contributed by atoms with E-state index in [0.29, 0.717) is 19.4 Å². The van der Waals surface area contributed by atoms with Gasteiger partial charge in [-0.1, -0.05) is 20.8 Å². The Morgan fingerprint density at radius 3 is 2.20 bits per heavy atom. The van der Waals surface area contributed by atoms with Gasteiger partial charge in [0.15, 0.2) is 0 Å². The van der Waals surface area contributed by atoms with Gasteiger partial charge < -0.3 is 10.1 Å². The summed E-state index contributed by atoms with van der Waals surface area (Å²) in [6.45, 7) is 7.59. The van der Waals surface area contributed by atoms with Crippen molar-refractivity contribution in [2.24, 2.45) is 5.41 Å². The lowest BCUT2D eigenvalue weighted by Crippen LogP contribution is -2.48. The Balaban J connectivity index is 2.58. The lowest BCUT2D eigenvalue weighted by molar-refractivity contribution is -0.149. The number of hydrogen-bond acceptors (Lipinski definition) is 3. The van der Waals surface area contributed by atoms with Gasteiger partial charge in [0.1, 0.15) is 5.54 Å². The molecule has 0 atom stereocenters. The van der Waals surface area contributed by atoms with E-state index in [2.05, 4.69) is 5.32 Å². The molecule has 1 rings (SSSR count). The standard InChI is InChI=1S/C11H19NO3/c1-5-15-9(14)11(6-7-11)12-8(13)10(2,3)4/h5-7H2,1-4H3,(H,12,13). The van der Waals surface area contributed by atoms with Crippen LogP contribution in [0.5, 0.6) is 0 Å². The van der Waals surface area contributed by atoms with Crippen LogP contribution >= 0.6 is 0 Å². The van der Waals surface area contributed by atoms with Crippen molar-refractivity contribution in [1.29, 1.82) is 0 Å². The third-order valence-electron chi connectivity index (χ3n) is 2.45. The maximum atomic E-state index is 11.7. The molecule has 0 aromatic carbocycles. The zero-order chi connectivity index (χ0) is 11.7. The summed E-state index contributed by atoms with van der Waals surface area (Å²) in [5, 5.41) is 2.78. The van der Waals surface area contributed by atoms with Gasteiger partial charge in [-0.25, -0.2) is 4.79 Å². The van der Waals surface area contributed by atoms with Crippen LogP contribution in [0.4, 0.5) is 0 Å². The summed E-state index contributed by atoms with van der Waals surface area (Å²) in [5.74, 6) is -0.407. The van der Waals surface area contributed by atoms with Crippen LogP contribution in [-0.4, -0.2) is 24.0 Å². The van der Waals surface area contributed by atoms with Crippen LogP contribution in [0.15, 0.2) is 0 Å². The van der Waals surface area contributed by atoms with Crippen molar-refractivity contribution in [3.63, 3.8) is 0 Å². The smallest absolute Gasteiger partial charge is 0.331 e. The minimum absolute atomic E-state index is 0.104. The Labute approximate surface area is 90.4 Å². The fraction of sp³-hybridized carbons (Fsp3) is 0.818. The molecule has 1 fully saturated rings. The number of rotatable bonds is 3. The van der Waals surface area contributed by atoms with Crippen LogP contribution in [0.25, 0.3) is 0 Å². The lowest BCUT2D eigenvalue weighted by atomic mass is 9.95.